The molecular weight excluding hydrogens is 295 g/mol. The van der Waals surface area contributed by atoms with Gasteiger partial charge < -0.3 is 10.5 Å². The van der Waals surface area contributed by atoms with Crippen LogP contribution in [-0.2, 0) is 5.75 Å². The molecule has 0 atom stereocenters. The molecule has 2 N–H and O–H groups in total. The number of hydrogen-bond donors (Lipinski definition) is 1. The van der Waals surface area contributed by atoms with Gasteiger partial charge in [0.1, 0.15) is 11.6 Å². The number of nitro benzene ring substituents is 1. The third-order valence-electron chi connectivity index (χ3n) is 2.78. The molecule has 5 nitrogen and oxygen atoms in total. The number of benzene rings is 2. The molecule has 0 aliphatic carbocycles. The van der Waals surface area contributed by atoms with Crippen molar-refractivity contribution in [1.82, 2.24) is 0 Å². The SMILES string of the molecule is COc1cc(CSc2ccc(N)c(F)c2)cc([N+](=O)[O-])c1. The molecule has 0 radical (unpaired) electrons. The minimum Gasteiger partial charge on any atom is -0.496 e. The Balaban J connectivity index is 2.17. The summed E-state index contributed by atoms with van der Waals surface area (Å²) in [5, 5.41) is 10.9. The number of nitrogens with two attached hydrogens (primary N) is 1. The lowest BCUT2D eigenvalue weighted by atomic mass is 10.2. The van der Waals surface area contributed by atoms with Gasteiger partial charge in [-0.3, -0.25) is 10.1 Å². The number of nitro groups is 1. The molecule has 0 fully saturated rings. The monoisotopic (exact) mass is 308 g/mol. The van der Waals surface area contributed by atoms with E-state index in [0.717, 1.165) is 5.56 Å². The molecule has 2 rings (SSSR count). The van der Waals surface area contributed by atoms with E-state index in [1.165, 1.54) is 43.1 Å². The van der Waals surface area contributed by atoms with Crippen LogP contribution in [0.3, 0.4) is 0 Å². The number of halogens is 1. The summed E-state index contributed by atoms with van der Waals surface area (Å²) in [6.45, 7) is 0. The number of nitrogen functional groups attached to an aromatic ring is 1. The van der Waals surface area contributed by atoms with Gasteiger partial charge in [0.15, 0.2) is 0 Å². The van der Waals surface area contributed by atoms with Gasteiger partial charge in [-0.15, -0.1) is 11.8 Å². The van der Waals surface area contributed by atoms with Crippen molar-refractivity contribution in [1.29, 1.82) is 0 Å². The van der Waals surface area contributed by atoms with Crippen LogP contribution in [0.4, 0.5) is 15.8 Å². The smallest absolute Gasteiger partial charge is 0.273 e. The van der Waals surface area contributed by atoms with Crippen LogP contribution in [0.5, 0.6) is 5.75 Å². The third kappa shape index (κ3) is 3.85. The molecule has 7 heteroatoms. The Kier molecular flexibility index (Phi) is 4.64. The quantitative estimate of drug-likeness (QED) is 0.395. The molecule has 0 spiro atoms. The number of non-ortho nitro benzene ring substituents is 1. The summed E-state index contributed by atoms with van der Waals surface area (Å²) in [6.07, 6.45) is 0. The maximum atomic E-state index is 13.3. The van der Waals surface area contributed by atoms with E-state index in [-0.39, 0.29) is 11.4 Å². The standard InChI is InChI=1S/C14H13FN2O3S/c1-20-11-5-9(4-10(6-11)17(18)19)8-21-12-2-3-14(16)13(15)7-12/h2-7H,8,16H2,1H3. The molecule has 0 aromatic heterocycles. The maximum Gasteiger partial charge on any atom is 0.273 e. The number of anilines is 1. The number of methoxy groups -OCH3 is 1. The molecule has 2 aromatic rings. The van der Waals surface area contributed by atoms with E-state index in [2.05, 4.69) is 0 Å². The second-order valence-electron chi connectivity index (χ2n) is 4.27. The Morgan fingerprint density at radius 3 is 2.71 bits per heavy atom. The highest BCUT2D eigenvalue weighted by Crippen LogP contribution is 2.29. The minimum absolute atomic E-state index is 0.0339. The van der Waals surface area contributed by atoms with Crippen LogP contribution >= 0.6 is 11.8 Å². The highest BCUT2D eigenvalue weighted by molar-refractivity contribution is 7.98. The molecule has 2 aromatic carbocycles. The average Bonchev–Trinajstić information content (AvgIpc) is 2.48. The number of ether oxygens (including phenoxy) is 1. The molecule has 0 aliphatic rings. The molecule has 0 aliphatic heterocycles. The van der Waals surface area contributed by atoms with Crippen LogP contribution in [0.2, 0.25) is 0 Å². The Labute approximate surface area is 125 Å². The first-order chi connectivity index (χ1) is 9.99. The molecule has 110 valence electrons. The summed E-state index contributed by atoms with van der Waals surface area (Å²) >= 11 is 1.36. The Morgan fingerprint density at radius 1 is 1.33 bits per heavy atom. The number of nitrogens with zero attached hydrogens (tertiary/aromatic N) is 1. The zero-order valence-corrected chi connectivity index (χ0v) is 12.0. The largest absolute Gasteiger partial charge is 0.496 e. The van der Waals surface area contributed by atoms with Crippen LogP contribution in [0.25, 0.3) is 0 Å². The number of thioether (sulfide) groups is 1. The molecule has 0 saturated heterocycles. The summed E-state index contributed by atoms with van der Waals surface area (Å²) < 4.78 is 18.4. The van der Waals surface area contributed by atoms with Gasteiger partial charge in [0.05, 0.1) is 23.8 Å². The Hall–Kier alpha value is -2.28. The lowest BCUT2D eigenvalue weighted by Gasteiger charge is -2.06. The first-order valence-corrected chi connectivity index (χ1v) is 6.98. The summed E-state index contributed by atoms with van der Waals surface area (Å²) in [5.41, 5.74) is 6.20. The fourth-order valence-electron chi connectivity index (χ4n) is 1.71. The summed E-state index contributed by atoms with van der Waals surface area (Å²) in [5.74, 6) is 0.404. The highest BCUT2D eigenvalue weighted by Gasteiger charge is 2.11. The maximum absolute atomic E-state index is 13.3. The fraction of sp³-hybridized carbons (Fsp3) is 0.143. The number of hydrogen-bond acceptors (Lipinski definition) is 5. The van der Waals surface area contributed by atoms with E-state index < -0.39 is 10.7 Å². The first-order valence-electron chi connectivity index (χ1n) is 6.00. The molecular formula is C14H13FN2O3S. The van der Waals surface area contributed by atoms with Crippen LogP contribution in [0, 0.1) is 15.9 Å². The van der Waals surface area contributed by atoms with Crippen molar-refractivity contribution < 1.29 is 14.1 Å². The van der Waals surface area contributed by atoms with Crippen molar-refractivity contribution in [2.45, 2.75) is 10.6 Å². The van der Waals surface area contributed by atoms with Crippen LogP contribution in [0.15, 0.2) is 41.3 Å². The Morgan fingerprint density at radius 2 is 2.10 bits per heavy atom. The molecule has 0 saturated carbocycles. The lowest BCUT2D eigenvalue weighted by Crippen LogP contribution is -1.93. The van der Waals surface area contributed by atoms with Crippen molar-refractivity contribution in [3.63, 3.8) is 0 Å². The topological polar surface area (TPSA) is 78.4 Å². The predicted molar refractivity (Wildman–Crippen MR) is 80.0 cm³/mol. The van der Waals surface area contributed by atoms with Gasteiger partial charge >= 0.3 is 0 Å². The van der Waals surface area contributed by atoms with Gasteiger partial charge in [0.25, 0.3) is 5.69 Å². The van der Waals surface area contributed by atoms with E-state index in [0.29, 0.717) is 16.4 Å². The fourth-order valence-corrected chi connectivity index (χ4v) is 2.57. The second-order valence-corrected chi connectivity index (χ2v) is 5.32. The number of rotatable bonds is 5. The van der Waals surface area contributed by atoms with Crippen LogP contribution in [-0.4, -0.2) is 12.0 Å². The lowest BCUT2D eigenvalue weighted by molar-refractivity contribution is -0.385. The summed E-state index contributed by atoms with van der Waals surface area (Å²) in [7, 11) is 1.45. The van der Waals surface area contributed by atoms with Crippen molar-refractivity contribution in [3.8, 4) is 5.75 Å². The van der Waals surface area contributed by atoms with E-state index in [9.17, 15) is 14.5 Å². The molecule has 21 heavy (non-hydrogen) atoms. The van der Waals surface area contributed by atoms with Crippen molar-refractivity contribution >= 4 is 23.1 Å². The van der Waals surface area contributed by atoms with Gasteiger partial charge in [-0.1, -0.05) is 0 Å². The normalized spacial score (nSPS) is 10.4. The van der Waals surface area contributed by atoms with Crippen molar-refractivity contribution in [2.24, 2.45) is 0 Å². The van der Waals surface area contributed by atoms with Crippen LogP contribution < -0.4 is 10.5 Å². The third-order valence-corrected chi connectivity index (χ3v) is 3.84. The van der Waals surface area contributed by atoms with Gasteiger partial charge in [-0.25, -0.2) is 4.39 Å². The van der Waals surface area contributed by atoms with Gasteiger partial charge in [-0.05, 0) is 29.8 Å². The molecule has 0 heterocycles. The Bertz CT molecular complexity index is 679. The molecule has 0 amide bonds. The predicted octanol–water partition coefficient (Wildman–Crippen LogP) is 3.62. The van der Waals surface area contributed by atoms with E-state index >= 15 is 0 Å². The van der Waals surface area contributed by atoms with E-state index in [4.69, 9.17) is 10.5 Å². The van der Waals surface area contributed by atoms with Gasteiger partial charge in [-0.2, -0.15) is 0 Å². The average molecular weight is 308 g/mol. The zero-order valence-electron chi connectivity index (χ0n) is 11.2. The highest BCUT2D eigenvalue weighted by atomic mass is 32.2. The van der Waals surface area contributed by atoms with E-state index in [1.54, 1.807) is 12.1 Å². The zero-order chi connectivity index (χ0) is 15.4. The van der Waals surface area contributed by atoms with Crippen molar-refractivity contribution in [2.75, 3.05) is 12.8 Å². The first kappa shape index (κ1) is 15.1. The van der Waals surface area contributed by atoms with Gasteiger partial charge in [0.2, 0.25) is 0 Å². The molecule has 0 bridgehead atoms. The van der Waals surface area contributed by atoms with Gasteiger partial charge in [0, 0.05) is 16.7 Å². The second kappa shape index (κ2) is 6.45. The van der Waals surface area contributed by atoms with Crippen LogP contribution in [0.1, 0.15) is 5.56 Å². The van der Waals surface area contributed by atoms with Crippen molar-refractivity contribution in [3.05, 3.63) is 57.9 Å². The van der Waals surface area contributed by atoms with E-state index in [1.807, 2.05) is 0 Å². The molecule has 0 unspecified atom stereocenters. The minimum atomic E-state index is -0.475. The summed E-state index contributed by atoms with van der Waals surface area (Å²) in [4.78, 5) is 11.1. The summed E-state index contributed by atoms with van der Waals surface area (Å²) in [6, 6.07) is 9.09.